The van der Waals surface area contributed by atoms with Gasteiger partial charge in [0.2, 0.25) is 0 Å². The fourth-order valence-electron chi connectivity index (χ4n) is 2.79. The van der Waals surface area contributed by atoms with Crippen molar-refractivity contribution in [2.24, 2.45) is 11.8 Å². The summed E-state index contributed by atoms with van der Waals surface area (Å²) in [6.45, 7) is 7.66. The minimum absolute atomic E-state index is 0.0417. The number of piperidine rings is 1. The predicted octanol–water partition coefficient (Wildman–Crippen LogP) is 3.45. The van der Waals surface area contributed by atoms with Gasteiger partial charge in [0.1, 0.15) is 0 Å². The first-order chi connectivity index (χ1) is 8.07. The summed E-state index contributed by atoms with van der Waals surface area (Å²) >= 11 is 0. The van der Waals surface area contributed by atoms with Gasteiger partial charge in [0.05, 0.1) is 12.0 Å². The van der Waals surface area contributed by atoms with Gasteiger partial charge >= 0.3 is 0 Å². The van der Waals surface area contributed by atoms with Gasteiger partial charge in [0.25, 0.3) is 0 Å². The summed E-state index contributed by atoms with van der Waals surface area (Å²) < 4.78 is 0. The molecule has 2 heteroatoms. The average Bonchev–Trinajstić information content (AvgIpc) is 2.33. The Balaban J connectivity index is 2.30. The van der Waals surface area contributed by atoms with E-state index in [2.05, 4.69) is 56.0 Å². The van der Waals surface area contributed by atoms with E-state index in [0.29, 0.717) is 5.92 Å². The number of hydrogen-bond donors (Lipinski definition) is 0. The van der Waals surface area contributed by atoms with Gasteiger partial charge in [-0.05, 0) is 38.3 Å². The molecule has 17 heavy (non-hydrogen) atoms. The van der Waals surface area contributed by atoms with Crippen LogP contribution in [0.15, 0.2) is 30.3 Å². The molecule has 1 saturated heterocycles. The Kier molecular flexibility index (Phi) is 3.11. The third-order valence-electron chi connectivity index (χ3n) is 4.31. The molecule has 0 saturated carbocycles. The van der Waals surface area contributed by atoms with Crippen LogP contribution in [0.5, 0.6) is 0 Å². The van der Waals surface area contributed by atoms with Crippen molar-refractivity contribution in [3.05, 3.63) is 30.3 Å². The van der Waals surface area contributed by atoms with E-state index >= 15 is 0 Å². The summed E-state index contributed by atoms with van der Waals surface area (Å²) in [7, 11) is 0. The lowest BCUT2D eigenvalue weighted by Gasteiger charge is -2.50. The van der Waals surface area contributed by atoms with E-state index in [9.17, 15) is 5.26 Å². The molecule has 1 aromatic rings. The van der Waals surface area contributed by atoms with Gasteiger partial charge in [-0.25, -0.2) is 0 Å². The van der Waals surface area contributed by atoms with Crippen molar-refractivity contribution in [1.29, 1.82) is 5.26 Å². The zero-order valence-corrected chi connectivity index (χ0v) is 10.9. The molecule has 1 aliphatic heterocycles. The van der Waals surface area contributed by atoms with E-state index in [1.54, 1.807) is 0 Å². The Bertz CT molecular complexity index is 416. The maximum atomic E-state index is 9.18. The van der Waals surface area contributed by atoms with Crippen LogP contribution in [0.1, 0.15) is 27.2 Å². The Morgan fingerprint density at radius 3 is 2.53 bits per heavy atom. The standard InChI is InChI=1S/C15H20N2/c1-12-13(11-16)9-10-17(15(12,2)3)14-7-5-4-6-8-14/h4-8,12-13H,9-10H2,1-3H3. The van der Waals surface area contributed by atoms with Gasteiger partial charge in [0.15, 0.2) is 0 Å². The molecule has 0 amide bonds. The van der Waals surface area contributed by atoms with Crippen molar-refractivity contribution in [3.8, 4) is 6.07 Å². The summed E-state index contributed by atoms with van der Waals surface area (Å²) in [5, 5.41) is 9.18. The SMILES string of the molecule is CC1C(C#N)CCN(c2ccccc2)C1(C)C. The Labute approximate surface area is 104 Å². The number of anilines is 1. The number of nitrogens with zero attached hydrogens (tertiary/aromatic N) is 2. The highest BCUT2D eigenvalue weighted by Crippen LogP contribution is 2.39. The maximum absolute atomic E-state index is 9.18. The van der Waals surface area contributed by atoms with Crippen molar-refractivity contribution in [1.82, 2.24) is 0 Å². The molecule has 2 unspecified atom stereocenters. The van der Waals surface area contributed by atoms with Crippen LogP contribution in [-0.4, -0.2) is 12.1 Å². The van der Waals surface area contributed by atoms with Crippen molar-refractivity contribution < 1.29 is 0 Å². The van der Waals surface area contributed by atoms with Crippen LogP contribution in [0.4, 0.5) is 5.69 Å². The Morgan fingerprint density at radius 1 is 1.29 bits per heavy atom. The lowest BCUT2D eigenvalue weighted by molar-refractivity contribution is 0.211. The summed E-state index contributed by atoms with van der Waals surface area (Å²) in [6, 6.07) is 13.0. The summed E-state index contributed by atoms with van der Waals surface area (Å²) in [5.41, 5.74) is 1.31. The largest absolute Gasteiger partial charge is 0.366 e. The highest BCUT2D eigenvalue weighted by atomic mass is 15.2. The van der Waals surface area contributed by atoms with Gasteiger partial charge in [-0.1, -0.05) is 25.1 Å². The van der Waals surface area contributed by atoms with Gasteiger partial charge in [0, 0.05) is 17.8 Å². The molecule has 0 N–H and O–H groups in total. The van der Waals surface area contributed by atoms with Gasteiger partial charge in [-0.15, -0.1) is 0 Å². The monoisotopic (exact) mass is 228 g/mol. The molecular formula is C15H20N2. The van der Waals surface area contributed by atoms with E-state index in [1.165, 1.54) is 5.69 Å². The third kappa shape index (κ3) is 2.02. The molecule has 1 aliphatic rings. The summed E-state index contributed by atoms with van der Waals surface area (Å²) in [6.07, 6.45) is 0.968. The average molecular weight is 228 g/mol. The molecule has 90 valence electrons. The smallest absolute Gasteiger partial charge is 0.0660 e. The van der Waals surface area contributed by atoms with Crippen molar-refractivity contribution in [2.75, 3.05) is 11.4 Å². The van der Waals surface area contributed by atoms with Crippen molar-refractivity contribution in [2.45, 2.75) is 32.7 Å². The highest BCUT2D eigenvalue weighted by molar-refractivity contribution is 5.49. The fourth-order valence-corrected chi connectivity index (χ4v) is 2.79. The highest BCUT2D eigenvalue weighted by Gasteiger charge is 2.41. The molecule has 1 fully saturated rings. The number of hydrogen-bond acceptors (Lipinski definition) is 2. The zero-order chi connectivity index (χ0) is 12.5. The Hall–Kier alpha value is -1.49. The van der Waals surface area contributed by atoms with Crippen LogP contribution in [0.3, 0.4) is 0 Å². The molecular weight excluding hydrogens is 208 g/mol. The minimum Gasteiger partial charge on any atom is -0.366 e. The lowest BCUT2D eigenvalue weighted by Crippen LogP contribution is -2.55. The van der Waals surface area contributed by atoms with Crippen molar-refractivity contribution in [3.63, 3.8) is 0 Å². The summed E-state index contributed by atoms with van der Waals surface area (Å²) in [5.74, 6) is 0.575. The molecule has 0 aromatic heterocycles. The van der Waals surface area contributed by atoms with Crippen LogP contribution in [0.2, 0.25) is 0 Å². The third-order valence-corrected chi connectivity index (χ3v) is 4.31. The maximum Gasteiger partial charge on any atom is 0.0660 e. The van der Waals surface area contributed by atoms with E-state index < -0.39 is 0 Å². The van der Waals surface area contributed by atoms with Gasteiger partial charge in [-0.3, -0.25) is 0 Å². The van der Waals surface area contributed by atoms with Crippen LogP contribution in [0.25, 0.3) is 0 Å². The second-order valence-electron chi connectivity index (χ2n) is 5.45. The van der Waals surface area contributed by atoms with E-state index in [4.69, 9.17) is 0 Å². The van der Waals surface area contributed by atoms with Crippen LogP contribution in [0, 0.1) is 23.2 Å². The Morgan fingerprint density at radius 2 is 1.94 bits per heavy atom. The first-order valence-electron chi connectivity index (χ1n) is 6.29. The number of nitriles is 1. The molecule has 0 spiro atoms. The topological polar surface area (TPSA) is 27.0 Å². The fraction of sp³-hybridized carbons (Fsp3) is 0.533. The molecule has 1 aromatic carbocycles. The first-order valence-corrected chi connectivity index (χ1v) is 6.29. The first kappa shape index (κ1) is 12.0. The zero-order valence-electron chi connectivity index (χ0n) is 10.9. The number of rotatable bonds is 1. The van der Waals surface area contributed by atoms with Gasteiger partial charge in [-0.2, -0.15) is 5.26 Å². The predicted molar refractivity (Wildman–Crippen MR) is 70.8 cm³/mol. The summed E-state index contributed by atoms with van der Waals surface area (Å²) in [4.78, 5) is 2.44. The molecule has 0 bridgehead atoms. The van der Waals surface area contributed by atoms with Crippen molar-refractivity contribution >= 4 is 5.69 Å². The second-order valence-corrected chi connectivity index (χ2v) is 5.45. The van der Waals surface area contributed by atoms with Gasteiger partial charge < -0.3 is 4.90 Å². The molecule has 2 nitrogen and oxygen atoms in total. The quantitative estimate of drug-likeness (QED) is 0.736. The lowest BCUT2D eigenvalue weighted by atomic mass is 9.73. The second kappa shape index (κ2) is 4.41. The van der Waals surface area contributed by atoms with E-state index in [0.717, 1.165) is 13.0 Å². The number of benzene rings is 1. The van der Waals surface area contributed by atoms with Crippen LogP contribution < -0.4 is 4.90 Å². The minimum atomic E-state index is 0.0417. The molecule has 0 radical (unpaired) electrons. The van der Waals surface area contributed by atoms with E-state index in [1.807, 2.05) is 6.07 Å². The van der Waals surface area contributed by atoms with E-state index in [-0.39, 0.29) is 11.5 Å². The molecule has 2 rings (SSSR count). The molecule has 2 atom stereocenters. The molecule has 1 heterocycles. The van der Waals surface area contributed by atoms with Crippen LogP contribution in [-0.2, 0) is 0 Å². The number of para-hydroxylation sites is 1. The van der Waals surface area contributed by atoms with Crippen LogP contribution >= 0.6 is 0 Å². The molecule has 0 aliphatic carbocycles. The normalized spacial score (nSPS) is 27.5.